The molecule has 0 radical (unpaired) electrons. The summed E-state index contributed by atoms with van der Waals surface area (Å²) in [5.41, 5.74) is 7.61. The lowest BCUT2D eigenvalue weighted by Gasteiger charge is -2.34. The summed E-state index contributed by atoms with van der Waals surface area (Å²) in [6, 6.07) is 18.5. The first kappa shape index (κ1) is 39.1. The number of aromatic nitrogens is 3. The van der Waals surface area contributed by atoms with Gasteiger partial charge in [-0.1, -0.05) is 51.1 Å². The maximum absolute atomic E-state index is 12.6. The number of carbonyl (C=O) groups is 3. The van der Waals surface area contributed by atoms with Gasteiger partial charge in [-0.2, -0.15) is 5.10 Å². The van der Waals surface area contributed by atoms with Crippen molar-refractivity contribution in [2.45, 2.75) is 78.2 Å². The van der Waals surface area contributed by atoms with Crippen LogP contribution in [0.4, 0.5) is 0 Å². The molecule has 0 unspecified atom stereocenters. The summed E-state index contributed by atoms with van der Waals surface area (Å²) in [7, 11) is 0. The van der Waals surface area contributed by atoms with E-state index in [1.165, 1.54) is 29.8 Å². The summed E-state index contributed by atoms with van der Waals surface area (Å²) in [5, 5.41) is 39.5. The zero-order chi connectivity index (χ0) is 38.2. The molecule has 2 aromatic heterocycles. The molecule has 3 heterocycles. The van der Waals surface area contributed by atoms with E-state index in [1.807, 2.05) is 30.0 Å². The maximum atomic E-state index is 12.6. The fraction of sp³-hybridized carbons (Fsp3) is 0.439. The minimum absolute atomic E-state index is 0.0398. The summed E-state index contributed by atoms with van der Waals surface area (Å²) in [5.74, 6) is -1.06. The second-order valence-electron chi connectivity index (χ2n) is 13.8. The Bertz CT molecular complexity index is 1920. The van der Waals surface area contributed by atoms with Crippen molar-refractivity contribution < 1.29 is 39.5 Å². The van der Waals surface area contributed by atoms with Crippen LogP contribution in [0.2, 0.25) is 0 Å². The highest BCUT2D eigenvalue weighted by Crippen LogP contribution is 2.42. The first-order chi connectivity index (χ1) is 25.5. The van der Waals surface area contributed by atoms with Gasteiger partial charge in [0, 0.05) is 24.2 Å². The van der Waals surface area contributed by atoms with Crippen molar-refractivity contribution >= 4 is 17.8 Å². The molecular weight excluding hydrogens is 676 g/mol. The zero-order valence-corrected chi connectivity index (χ0v) is 30.9. The molecule has 0 saturated carbocycles. The van der Waals surface area contributed by atoms with Crippen LogP contribution in [0, 0.1) is 11.8 Å². The Morgan fingerprint density at radius 2 is 1.62 bits per heavy atom. The number of fused-ring (bicyclic) bond motifs is 1. The average Bonchev–Trinajstić information content (AvgIpc) is 3.82. The Hall–Kier alpha value is -5.07. The monoisotopic (exact) mass is 726 g/mol. The van der Waals surface area contributed by atoms with Gasteiger partial charge in [0.25, 0.3) is 0 Å². The lowest BCUT2D eigenvalue weighted by Crippen LogP contribution is -2.41. The second kappa shape index (κ2) is 17.6. The fourth-order valence-electron chi connectivity index (χ4n) is 7.17. The van der Waals surface area contributed by atoms with E-state index in [4.69, 9.17) is 19.9 Å². The van der Waals surface area contributed by atoms with E-state index in [-0.39, 0.29) is 36.7 Å². The summed E-state index contributed by atoms with van der Waals surface area (Å²) >= 11 is 0. The van der Waals surface area contributed by atoms with Crippen molar-refractivity contribution in [3.63, 3.8) is 0 Å². The van der Waals surface area contributed by atoms with Crippen LogP contribution < -0.4 is 4.74 Å². The highest BCUT2D eigenvalue weighted by atomic mass is 16.5. The van der Waals surface area contributed by atoms with Crippen LogP contribution in [0.15, 0.2) is 60.8 Å². The van der Waals surface area contributed by atoms with Crippen LogP contribution in [0.1, 0.15) is 97.3 Å². The molecule has 3 atom stereocenters. The molecule has 12 nitrogen and oxygen atoms in total. The number of pyridine rings is 1. The number of aliphatic hydroxyl groups excluding tert-OH is 2. The van der Waals surface area contributed by atoms with Crippen molar-refractivity contribution in [1.82, 2.24) is 19.7 Å². The first-order valence-electron chi connectivity index (χ1n) is 18.4. The van der Waals surface area contributed by atoms with Gasteiger partial charge < -0.3 is 30.1 Å². The van der Waals surface area contributed by atoms with E-state index in [9.17, 15) is 24.6 Å². The number of nitrogens with zero attached hydrogens (tertiary/aromatic N) is 4. The van der Waals surface area contributed by atoms with Gasteiger partial charge in [0.2, 0.25) is 5.91 Å². The van der Waals surface area contributed by atoms with Gasteiger partial charge in [-0.25, -0.2) is 14.5 Å². The van der Waals surface area contributed by atoms with Gasteiger partial charge in [-0.3, -0.25) is 9.59 Å². The molecule has 1 amide bonds. The third-order valence-electron chi connectivity index (χ3n) is 10.3. The minimum Gasteiger partial charge on any atom is -0.486 e. The summed E-state index contributed by atoms with van der Waals surface area (Å²) in [6.45, 7) is 8.35. The average molecular weight is 727 g/mol. The molecule has 1 saturated heterocycles. The topological polar surface area (TPSA) is 175 Å². The Kier molecular flexibility index (Phi) is 13.0. The van der Waals surface area contributed by atoms with Crippen LogP contribution in [-0.4, -0.2) is 84.2 Å². The molecule has 0 bridgehead atoms. The molecule has 6 rings (SSSR count). The number of rotatable bonds is 12. The lowest BCUT2D eigenvalue weighted by atomic mass is 9.85. The van der Waals surface area contributed by atoms with E-state index >= 15 is 0 Å². The van der Waals surface area contributed by atoms with E-state index in [1.54, 1.807) is 11.6 Å². The van der Waals surface area contributed by atoms with Gasteiger partial charge >= 0.3 is 11.9 Å². The lowest BCUT2D eigenvalue weighted by molar-refractivity contribution is -0.142. The standard InChI is InChI=1S/C37H42N4O5.C4H8O3/c1-4-24-20-27(13-14-28(24)25-16-18-40(19-17-25)36(43)23(3)22-42)46-33-15-12-26-8-6-9-29(35(26)33)31-10-7-11-34(39-31)41-32(5-2)30(21-38-41)37(44)45;1-3(2-5)4(6)7/h6-11,13-14,20-21,23,25,33,42H,4-5,12,15-19,22H2,1-3H3,(H,44,45);3,5H,2H2,1H3,(H,6,7)/t23-,33-;3-/m00/s1. The number of aryl methyl sites for hydroxylation is 2. The number of carbonyl (C=O) groups excluding carboxylic acids is 1. The predicted molar refractivity (Wildman–Crippen MR) is 199 cm³/mol. The van der Waals surface area contributed by atoms with Crippen LogP contribution in [0.25, 0.3) is 17.1 Å². The number of likely N-dealkylation sites (tertiary alicyclic amines) is 1. The number of aliphatic hydroxyl groups is 2. The molecule has 2 aliphatic rings. The van der Waals surface area contributed by atoms with Gasteiger partial charge in [-0.15, -0.1) is 0 Å². The molecule has 4 aromatic rings. The van der Waals surface area contributed by atoms with Crippen molar-refractivity contribution in [2.75, 3.05) is 26.3 Å². The minimum atomic E-state index is -0.995. The Labute approximate surface area is 310 Å². The summed E-state index contributed by atoms with van der Waals surface area (Å²) in [6.07, 6.45) is 6.30. The Morgan fingerprint density at radius 1 is 0.906 bits per heavy atom. The molecule has 53 heavy (non-hydrogen) atoms. The largest absolute Gasteiger partial charge is 0.486 e. The molecule has 4 N–H and O–H groups in total. The number of aliphatic carboxylic acids is 1. The molecule has 1 aliphatic carbocycles. The van der Waals surface area contributed by atoms with E-state index in [0.717, 1.165) is 54.7 Å². The Balaban J connectivity index is 0.000000705. The third kappa shape index (κ3) is 8.77. The number of amides is 1. The number of piperidine rings is 1. The van der Waals surface area contributed by atoms with Gasteiger partial charge in [0.15, 0.2) is 5.82 Å². The van der Waals surface area contributed by atoms with Gasteiger partial charge in [0.1, 0.15) is 17.4 Å². The second-order valence-corrected chi connectivity index (χ2v) is 13.8. The first-order valence-corrected chi connectivity index (χ1v) is 18.4. The highest BCUT2D eigenvalue weighted by molar-refractivity contribution is 5.88. The van der Waals surface area contributed by atoms with Crippen LogP contribution in [0.3, 0.4) is 0 Å². The van der Waals surface area contributed by atoms with Crippen molar-refractivity contribution in [3.05, 3.63) is 94.3 Å². The SMILES string of the molecule is CCc1cc(O[C@H]2CCc3cccc(-c4cccc(-n5ncc(C(=O)O)c5CC)n4)c32)ccc1C1CCN(C(=O)[C@@H](C)CO)CC1.C[C@@H](CO)C(=O)O. The molecular formula is C41H50N4O8. The molecule has 1 fully saturated rings. The number of carboxylic acid groups (broad SMARTS) is 2. The van der Waals surface area contributed by atoms with Crippen molar-refractivity contribution in [2.24, 2.45) is 11.8 Å². The summed E-state index contributed by atoms with van der Waals surface area (Å²) < 4.78 is 8.35. The summed E-state index contributed by atoms with van der Waals surface area (Å²) in [4.78, 5) is 40.9. The number of aromatic carboxylic acids is 1. The predicted octanol–water partition coefficient (Wildman–Crippen LogP) is 5.86. The molecule has 1 aliphatic heterocycles. The van der Waals surface area contributed by atoms with Crippen LogP contribution >= 0.6 is 0 Å². The van der Waals surface area contributed by atoms with Crippen LogP contribution in [-0.2, 0) is 28.9 Å². The number of carboxylic acids is 2. The van der Waals surface area contributed by atoms with Crippen molar-refractivity contribution in [3.8, 4) is 22.8 Å². The smallest absolute Gasteiger partial charge is 0.339 e. The molecule has 2 aromatic carbocycles. The van der Waals surface area contributed by atoms with Crippen molar-refractivity contribution in [1.29, 1.82) is 0 Å². The molecule has 282 valence electrons. The van der Waals surface area contributed by atoms with E-state index < -0.39 is 17.9 Å². The fourth-order valence-corrected chi connectivity index (χ4v) is 7.17. The third-order valence-corrected chi connectivity index (χ3v) is 10.3. The van der Waals surface area contributed by atoms with Gasteiger partial charge in [0.05, 0.1) is 42.6 Å². The number of hydrogen-bond acceptors (Lipinski definition) is 8. The van der Waals surface area contributed by atoms with E-state index in [2.05, 4.69) is 48.4 Å². The number of benzene rings is 2. The maximum Gasteiger partial charge on any atom is 0.339 e. The number of ether oxygens (including phenoxy) is 1. The van der Waals surface area contributed by atoms with Gasteiger partial charge in [-0.05, 0) is 92.3 Å². The zero-order valence-electron chi connectivity index (χ0n) is 30.9. The quantitative estimate of drug-likeness (QED) is 0.138. The van der Waals surface area contributed by atoms with Crippen LogP contribution in [0.5, 0.6) is 5.75 Å². The molecule has 12 heteroatoms. The number of hydrogen-bond donors (Lipinski definition) is 4. The Morgan fingerprint density at radius 3 is 2.25 bits per heavy atom. The molecule has 0 spiro atoms. The highest BCUT2D eigenvalue weighted by Gasteiger charge is 2.30. The normalized spacial score (nSPS) is 16.6. The van der Waals surface area contributed by atoms with E-state index in [0.29, 0.717) is 36.9 Å².